The molecule has 1 aromatic rings. The fourth-order valence-corrected chi connectivity index (χ4v) is 0.929. The molecule has 0 unspecified atom stereocenters. The van der Waals surface area contributed by atoms with Crippen LogP contribution in [0.15, 0.2) is 30.3 Å². The molecule has 0 aromatic heterocycles. The Labute approximate surface area is 79.4 Å². The molecule has 1 aliphatic carbocycles. The molecule has 0 aliphatic heterocycles. The molecule has 0 radical (unpaired) electrons. The molecule has 1 fully saturated rings. The molecular formula is C10H15BO2. The van der Waals surface area contributed by atoms with Gasteiger partial charge >= 0.3 is 7.12 Å². The second-order valence-electron chi connectivity index (χ2n) is 3.41. The molecule has 0 spiro atoms. The maximum atomic E-state index is 8.25. The van der Waals surface area contributed by atoms with E-state index in [2.05, 4.69) is 19.1 Å². The lowest BCUT2D eigenvalue weighted by Crippen LogP contribution is -2.09. The van der Waals surface area contributed by atoms with Gasteiger partial charge in [0.1, 0.15) is 0 Å². The first-order chi connectivity index (χ1) is 6.20. The molecule has 3 heteroatoms. The minimum Gasteiger partial charge on any atom is -0.427 e. The van der Waals surface area contributed by atoms with Crippen LogP contribution in [0.25, 0.3) is 0 Å². The molecule has 0 atom stereocenters. The van der Waals surface area contributed by atoms with E-state index in [1.807, 2.05) is 18.2 Å². The Bertz CT molecular complexity index is 232. The van der Waals surface area contributed by atoms with Gasteiger partial charge in [0.05, 0.1) is 0 Å². The van der Waals surface area contributed by atoms with Crippen LogP contribution in [-0.4, -0.2) is 17.2 Å². The van der Waals surface area contributed by atoms with Crippen LogP contribution in [0.3, 0.4) is 0 Å². The number of benzene rings is 1. The van der Waals surface area contributed by atoms with Crippen molar-refractivity contribution in [1.29, 1.82) is 0 Å². The van der Waals surface area contributed by atoms with Crippen LogP contribution < -0.4 is 0 Å². The largest absolute Gasteiger partial charge is 0.454 e. The summed E-state index contributed by atoms with van der Waals surface area (Å²) in [6.45, 7) is 2.08. The van der Waals surface area contributed by atoms with E-state index in [-0.39, 0.29) is 5.82 Å². The number of hydrogen-bond donors (Lipinski definition) is 2. The zero-order valence-corrected chi connectivity index (χ0v) is 7.85. The molecule has 0 bridgehead atoms. The molecule has 13 heavy (non-hydrogen) atoms. The van der Waals surface area contributed by atoms with Crippen LogP contribution in [0.4, 0.5) is 0 Å². The van der Waals surface area contributed by atoms with E-state index in [1.165, 1.54) is 5.56 Å². The molecular weight excluding hydrogens is 163 g/mol. The van der Waals surface area contributed by atoms with Gasteiger partial charge in [0.15, 0.2) is 0 Å². The Morgan fingerprint density at radius 1 is 1.15 bits per heavy atom. The highest BCUT2D eigenvalue weighted by atomic mass is 16.4. The third-order valence-electron chi connectivity index (χ3n) is 1.98. The molecule has 1 aliphatic rings. The standard InChI is InChI=1S/C7H8.C3H7BO2/c1-7-5-3-2-4-6-7;5-4(6)3-1-2-3/h2-6H,1H3;3,5-6H,1-2H2. The van der Waals surface area contributed by atoms with E-state index in [0.29, 0.717) is 0 Å². The highest BCUT2D eigenvalue weighted by Gasteiger charge is 2.33. The smallest absolute Gasteiger partial charge is 0.427 e. The third kappa shape index (κ3) is 4.71. The fourth-order valence-electron chi connectivity index (χ4n) is 0.929. The van der Waals surface area contributed by atoms with Crippen LogP contribution in [-0.2, 0) is 0 Å². The third-order valence-corrected chi connectivity index (χ3v) is 1.98. The van der Waals surface area contributed by atoms with Crippen molar-refractivity contribution in [3.63, 3.8) is 0 Å². The van der Waals surface area contributed by atoms with Crippen molar-refractivity contribution in [1.82, 2.24) is 0 Å². The van der Waals surface area contributed by atoms with E-state index in [4.69, 9.17) is 10.0 Å². The molecule has 2 rings (SSSR count). The van der Waals surface area contributed by atoms with Crippen LogP contribution in [0, 0.1) is 6.92 Å². The molecule has 1 saturated carbocycles. The lowest BCUT2D eigenvalue weighted by molar-refractivity contribution is 0.403. The van der Waals surface area contributed by atoms with E-state index in [1.54, 1.807) is 0 Å². The Hall–Kier alpha value is -0.795. The number of hydrogen-bond acceptors (Lipinski definition) is 2. The zero-order chi connectivity index (χ0) is 9.68. The molecule has 2 nitrogen and oxygen atoms in total. The Balaban J connectivity index is 0.000000132. The van der Waals surface area contributed by atoms with Crippen molar-refractivity contribution >= 4 is 7.12 Å². The summed E-state index contributed by atoms with van der Waals surface area (Å²) in [5.41, 5.74) is 1.32. The van der Waals surface area contributed by atoms with E-state index in [0.717, 1.165) is 12.8 Å². The van der Waals surface area contributed by atoms with Crippen molar-refractivity contribution in [2.45, 2.75) is 25.6 Å². The second-order valence-corrected chi connectivity index (χ2v) is 3.41. The van der Waals surface area contributed by atoms with Gasteiger partial charge in [0, 0.05) is 0 Å². The van der Waals surface area contributed by atoms with Gasteiger partial charge < -0.3 is 10.0 Å². The molecule has 0 saturated heterocycles. The lowest BCUT2D eigenvalue weighted by Gasteiger charge is -1.84. The maximum absolute atomic E-state index is 8.25. The van der Waals surface area contributed by atoms with Crippen LogP contribution in [0.2, 0.25) is 5.82 Å². The van der Waals surface area contributed by atoms with Gasteiger partial charge in [0.25, 0.3) is 0 Å². The Kier molecular flexibility index (Phi) is 3.99. The van der Waals surface area contributed by atoms with Crippen LogP contribution in [0.1, 0.15) is 18.4 Å². The first-order valence-corrected chi connectivity index (χ1v) is 4.58. The number of aryl methyl sites for hydroxylation is 1. The number of rotatable bonds is 1. The second kappa shape index (κ2) is 5.05. The summed E-state index contributed by atoms with van der Waals surface area (Å²) in [4.78, 5) is 0. The van der Waals surface area contributed by atoms with E-state index < -0.39 is 7.12 Å². The van der Waals surface area contributed by atoms with Gasteiger partial charge in [0.2, 0.25) is 0 Å². The first-order valence-electron chi connectivity index (χ1n) is 4.58. The Morgan fingerprint density at radius 3 is 1.85 bits per heavy atom. The summed E-state index contributed by atoms with van der Waals surface area (Å²) >= 11 is 0. The van der Waals surface area contributed by atoms with Gasteiger partial charge in [-0.1, -0.05) is 48.7 Å². The summed E-state index contributed by atoms with van der Waals surface area (Å²) in [6, 6.07) is 10.3. The predicted molar refractivity (Wildman–Crippen MR) is 54.4 cm³/mol. The van der Waals surface area contributed by atoms with Crippen LogP contribution in [0.5, 0.6) is 0 Å². The van der Waals surface area contributed by atoms with Crippen molar-refractivity contribution < 1.29 is 10.0 Å². The summed E-state index contributed by atoms with van der Waals surface area (Å²) in [5.74, 6) is 0.213. The average Bonchev–Trinajstić information content (AvgIpc) is 2.88. The lowest BCUT2D eigenvalue weighted by atomic mass is 9.84. The minimum atomic E-state index is -1.04. The summed E-state index contributed by atoms with van der Waals surface area (Å²) in [5, 5.41) is 16.5. The van der Waals surface area contributed by atoms with Crippen molar-refractivity contribution in [3.05, 3.63) is 35.9 Å². The molecule has 70 valence electrons. The summed E-state index contributed by atoms with van der Waals surface area (Å²) < 4.78 is 0. The zero-order valence-electron chi connectivity index (χ0n) is 7.85. The molecule has 1 aromatic carbocycles. The maximum Gasteiger partial charge on any atom is 0.454 e. The van der Waals surface area contributed by atoms with Crippen LogP contribution >= 0.6 is 0 Å². The highest BCUT2D eigenvalue weighted by Crippen LogP contribution is 2.36. The fraction of sp³-hybridized carbons (Fsp3) is 0.400. The normalized spacial score (nSPS) is 14.4. The van der Waals surface area contributed by atoms with Gasteiger partial charge in [-0.05, 0) is 12.7 Å². The van der Waals surface area contributed by atoms with E-state index >= 15 is 0 Å². The minimum absolute atomic E-state index is 0.213. The predicted octanol–water partition coefficient (Wildman–Crippen LogP) is 1.62. The quantitative estimate of drug-likeness (QED) is 0.641. The van der Waals surface area contributed by atoms with Gasteiger partial charge in [-0.25, -0.2) is 0 Å². The molecule has 0 amide bonds. The van der Waals surface area contributed by atoms with Gasteiger partial charge in [-0.3, -0.25) is 0 Å². The molecule has 0 heterocycles. The van der Waals surface area contributed by atoms with Crippen molar-refractivity contribution in [2.75, 3.05) is 0 Å². The average molecular weight is 178 g/mol. The van der Waals surface area contributed by atoms with Gasteiger partial charge in [-0.2, -0.15) is 0 Å². The summed E-state index contributed by atoms with van der Waals surface area (Å²) in [7, 11) is -1.04. The first kappa shape index (κ1) is 10.3. The SMILES string of the molecule is Cc1ccccc1.OB(O)C1CC1. The topological polar surface area (TPSA) is 40.5 Å². The monoisotopic (exact) mass is 178 g/mol. The molecule has 2 N–H and O–H groups in total. The van der Waals surface area contributed by atoms with Crippen molar-refractivity contribution in [3.8, 4) is 0 Å². The van der Waals surface area contributed by atoms with Gasteiger partial charge in [-0.15, -0.1) is 0 Å². The summed E-state index contributed by atoms with van der Waals surface area (Å²) in [6.07, 6.45) is 2.00. The Morgan fingerprint density at radius 2 is 1.69 bits per heavy atom. The van der Waals surface area contributed by atoms with E-state index in [9.17, 15) is 0 Å². The van der Waals surface area contributed by atoms with Crippen molar-refractivity contribution in [2.24, 2.45) is 0 Å². The highest BCUT2D eigenvalue weighted by molar-refractivity contribution is 6.44.